The van der Waals surface area contributed by atoms with Crippen LogP contribution in [0.25, 0.3) is 0 Å². The first-order valence-electron chi connectivity index (χ1n) is 7.57. The molecule has 1 amide bonds. The van der Waals surface area contributed by atoms with Gasteiger partial charge in [0.05, 0.1) is 17.6 Å². The van der Waals surface area contributed by atoms with E-state index in [1.807, 2.05) is 0 Å². The van der Waals surface area contributed by atoms with Crippen molar-refractivity contribution in [2.75, 3.05) is 27.2 Å². The molecule has 2 rings (SSSR count). The van der Waals surface area contributed by atoms with E-state index in [0.717, 1.165) is 27.6 Å². The van der Waals surface area contributed by atoms with E-state index in [4.69, 9.17) is 4.84 Å². The molecule has 1 aromatic rings. The maximum absolute atomic E-state index is 13.1. The number of alkyl halides is 3. The lowest BCUT2D eigenvalue weighted by molar-refractivity contribution is -0.174. The van der Waals surface area contributed by atoms with Crippen LogP contribution in [0.4, 0.5) is 13.2 Å². The van der Waals surface area contributed by atoms with E-state index in [9.17, 15) is 26.4 Å². The third kappa shape index (κ3) is 4.13. The average molecular weight is 380 g/mol. The van der Waals surface area contributed by atoms with Gasteiger partial charge in [-0.1, -0.05) is 12.1 Å². The fourth-order valence-corrected chi connectivity index (χ4v) is 4.44. The van der Waals surface area contributed by atoms with Crippen molar-refractivity contribution in [3.05, 3.63) is 29.8 Å². The van der Waals surface area contributed by atoms with Gasteiger partial charge in [-0.05, 0) is 25.0 Å². The predicted molar refractivity (Wildman–Crippen MR) is 82.7 cm³/mol. The molecule has 1 saturated heterocycles. The van der Waals surface area contributed by atoms with E-state index in [0.29, 0.717) is 0 Å². The number of rotatable bonds is 4. The van der Waals surface area contributed by atoms with E-state index < -0.39 is 32.6 Å². The van der Waals surface area contributed by atoms with Gasteiger partial charge in [0, 0.05) is 26.1 Å². The second kappa shape index (κ2) is 7.30. The van der Waals surface area contributed by atoms with Crippen molar-refractivity contribution in [3.63, 3.8) is 0 Å². The molecule has 0 N–H and O–H groups in total. The maximum Gasteiger partial charge on any atom is 0.417 e. The lowest BCUT2D eigenvalue weighted by atomic mass is 9.97. The largest absolute Gasteiger partial charge is 0.417 e. The Hall–Kier alpha value is -1.65. The van der Waals surface area contributed by atoms with Crippen molar-refractivity contribution >= 4 is 15.9 Å². The zero-order valence-corrected chi connectivity index (χ0v) is 14.6. The molecule has 1 aliphatic heterocycles. The summed E-state index contributed by atoms with van der Waals surface area (Å²) in [5, 5.41) is 1.06. The molecule has 25 heavy (non-hydrogen) atoms. The second-order valence-electron chi connectivity index (χ2n) is 5.69. The lowest BCUT2D eigenvalue weighted by Crippen LogP contribution is -2.43. The molecule has 0 radical (unpaired) electrons. The van der Waals surface area contributed by atoms with E-state index in [2.05, 4.69) is 0 Å². The molecule has 10 heteroatoms. The van der Waals surface area contributed by atoms with Gasteiger partial charge in [-0.15, -0.1) is 0 Å². The minimum Gasteiger partial charge on any atom is -0.275 e. The number of benzene rings is 1. The highest BCUT2D eigenvalue weighted by Crippen LogP contribution is 2.36. The zero-order chi connectivity index (χ0) is 18.8. The molecular weight excluding hydrogens is 361 g/mol. The number of amides is 1. The summed E-state index contributed by atoms with van der Waals surface area (Å²) >= 11 is 0. The molecule has 1 aromatic carbocycles. The number of piperidine rings is 1. The van der Waals surface area contributed by atoms with Gasteiger partial charge in [-0.2, -0.15) is 17.5 Å². The first-order valence-corrected chi connectivity index (χ1v) is 9.01. The van der Waals surface area contributed by atoms with Crippen LogP contribution in [-0.4, -0.2) is 50.9 Å². The number of sulfonamides is 1. The van der Waals surface area contributed by atoms with Crippen molar-refractivity contribution in [1.29, 1.82) is 0 Å². The Balaban J connectivity index is 2.20. The highest BCUT2D eigenvalue weighted by atomic mass is 32.2. The van der Waals surface area contributed by atoms with Crippen LogP contribution in [0.3, 0.4) is 0 Å². The van der Waals surface area contributed by atoms with Gasteiger partial charge in [-0.25, -0.2) is 13.5 Å². The zero-order valence-electron chi connectivity index (χ0n) is 13.8. The van der Waals surface area contributed by atoms with Crippen LogP contribution in [0.1, 0.15) is 18.4 Å². The second-order valence-corrected chi connectivity index (χ2v) is 7.60. The van der Waals surface area contributed by atoms with Crippen molar-refractivity contribution in [2.45, 2.75) is 23.9 Å². The molecule has 0 bridgehead atoms. The molecular formula is C15H19F3N2O4S. The van der Waals surface area contributed by atoms with Gasteiger partial charge < -0.3 is 0 Å². The van der Waals surface area contributed by atoms with Crippen LogP contribution in [0.5, 0.6) is 0 Å². The minimum atomic E-state index is -4.76. The molecule has 1 fully saturated rings. The summed E-state index contributed by atoms with van der Waals surface area (Å²) in [5.41, 5.74) is -1.19. The number of carbonyl (C=O) groups is 1. The highest BCUT2D eigenvalue weighted by Gasteiger charge is 2.40. The summed E-state index contributed by atoms with van der Waals surface area (Å²) in [6.07, 6.45) is -4.32. The molecule has 0 unspecified atom stereocenters. The summed E-state index contributed by atoms with van der Waals surface area (Å²) in [6, 6.07) is 4.10. The third-order valence-corrected chi connectivity index (χ3v) is 6.15. The molecule has 0 saturated carbocycles. The van der Waals surface area contributed by atoms with Gasteiger partial charge in [0.25, 0.3) is 0 Å². The topological polar surface area (TPSA) is 66.9 Å². The van der Waals surface area contributed by atoms with Crippen LogP contribution in [-0.2, 0) is 25.8 Å². The third-order valence-electron chi connectivity index (χ3n) is 4.20. The molecule has 0 aliphatic carbocycles. The molecule has 0 atom stereocenters. The number of nitrogens with zero attached hydrogens (tertiary/aromatic N) is 2. The van der Waals surface area contributed by atoms with Gasteiger partial charge >= 0.3 is 6.18 Å². The highest BCUT2D eigenvalue weighted by molar-refractivity contribution is 7.89. The van der Waals surface area contributed by atoms with Crippen molar-refractivity contribution in [2.24, 2.45) is 5.92 Å². The molecule has 0 aromatic heterocycles. The molecule has 1 aliphatic rings. The fourth-order valence-electron chi connectivity index (χ4n) is 2.76. The standard InChI is InChI=1S/C15H19F3N2O4S/c1-19(24-2)14(21)11-7-9-20(10-8-11)25(22,23)13-6-4-3-5-12(13)15(16,17)18/h3-6,11H,7-10H2,1-2H3. The molecule has 6 nitrogen and oxygen atoms in total. The smallest absolute Gasteiger partial charge is 0.275 e. The predicted octanol–water partition coefficient (Wildman–Crippen LogP) is 2.13. The summed E-state index contributed by atoms with van der Waals surface area (Å²) in [7, 11) is -1.51. The first-order chi connectivity index (χ1) is 11.6. The van der Waals surface area contributed by atoms with Crippen molar-refractivity contribution in [3.8, 4) is 0 Å². The summed E-state index contributed by atoms with van der Waals surface area (Å²) in [4.78, 5) is 16.1. The maximum atomic E-state index is 13.1. The summed E-state index contributed by atoms with van der Waals surface area (Å²) < 4.78 is 65.5. The van der Waals surface area contributed by atoms with Crippen LogP contribution < -0.4 is 0 Å². The quantitative estimate of drug-likeness (QED) is 0.751. The summed E-state index contributed by atoms with van der Waals surface area (Å²) in [5.74, 6) is -0.704. The normalized spacial score (nSPS) is 17.5. The van der Waals surface area contributed by atoms with Gasteiger partial charge in [-0.3, -0.25) is 9.63 Å². The Morgan fingerprint density at radius 1 is 1.24 bits per heavy atom. The fraction of sp³-hybridized carbons (Fsp3) is 0.533. The van der Waals surface area contributed by atoms with Crippen LogP contribution >= 0.6 is 0 Å². The number of halogens is 3. The number of hydrogen-bond donors (Lipinski definition) is 0. The van der Waals surface area contributed by atoms with Crippen LogP contribution in [0.15, 0.2) is 29.2 Å². The Kier molecular flexibility index (Phi) is 5.75. The van der Waals surface area contributed by atoms with E-state index in [-0.39, 0.29) is 31.8 Å². The Bertz CT molecular complexity index is 729. The van der Waals surface area contributed by atoms with Gasteiger partial charge in [0.1, 0.15) is 0 Å². The molecule has 140 valence electrons. The Morgan fingerprint density at radius 2 is 1.80 bits per heavy atom. The SMILES string of the molecule is CON(C)C(=O)C1CCN(S(=O)(=O)c2ccccc2C(F)(F)F)CC1. The molecule has 0 spiro atoms. The van der Waals surface area contributed by atoms with E-state index in [1.54, 1.807) is 0 Å². The van der Waals surface area contributed by atoms with Crippen LogP contribution in [0.2, 0.25) is 0 Å². The van der Waals surface area contributed by atoms with Crippen molar-refractivity contribution in [1.82, 2.24) is 9.37 Å². The molecule has 1 heterocycles. The Labute approximate surface area is 144 Å². The first kappa shape index (κ1) is 19.7. The number of hydrogen-bond acceptors (Lipinski definition) is 4. The monoisotopic (exact) mass is 380 g/mol. The van der Waals surface area contributed by atoms with Crippen LogP contribution in [0, 0.1) is 5.92 Å². The average Bonchev–Trinajstić information content (AvgIpc) is 2.59. The minimum absolute atomic E-state index is 0.0253. The van der Waals surface area contributed by atoms with Crippen molar-refractivity contribution < 1.29 is 31.2 Å². The summed E-state index contributed by atoms with van der Waals surface area (Å²) in [6.45, 7) is -0.0506. The van der Waals surface area contributed by atoms with E-state index >= 15 is 0 Å². The number of hydroxylamine groups is 2. The lowest BCUT2D eigenvalue weighted by Gasteiger charge is -2.32. The Morgan fingerprint density at radius 3 is 2.32 bits per heavy atom. The van der Waals surface area contributed by atoms with Gasteiger partial charge in [0.2, 0.25) is 15.9 Å². The van der Waals surface area contributed by atoms with Gasteiger partial charge in [0.15, 0.2) is 0 Å². The van der Waals surface area contributed by atoms with E-state index in [1.165, 1.54) is 20.2 Å². The number of carbonyl (C=O) groups excluding carboxylic acids is 1.